The lowest BCUT2D eigenvalue weighted by Gasteiger charge is -2.05. The Bertz CT molecular complexity index is 415. The van der Waals surface area contributed by atoms with Crippen molar-refractivity contribution < 1.29 is 0 Å². The van der Waals surface area contributed by atoms with Crippen molar-refractivity contribution in [3.8, 4) is 0 Å². The number of nitrogens with one attached hydrogen (secondary N) is 1. The predicted octanol–water partition coefficient (Wildman–Crippen LogP) is 1.20. The summed E-state index contributed by atoms with van der Waals surface area (Å²) in [5.41, 5.74) is 6.29. The van der Waals surface area contributed by atoms with Gasteiger partial charge in [0, 0.05) is 12.4 Å². The molecule has 0 aliphatic heterocycles. The summed E-state index contributed by atoms with van der Waals surface area (Å²) < 4.78 is 0. The molecule has 5 nitrogen and oxygen atoms in total. The molecular formula is C9H9N5. The summed E-state index contributed by atoms with van der Waals surface area (Å²) >= 11 is 0. The molecule has 5 heteroatoms. The van der Waals surface area contributed by atoms with Crippen LogP contribution in [0.25, 0.3) is 0 Å². The molecule has 0 aliphatic carbocycles. The second-order valence-corrected chi connectivity index (χ2v) is 2.66. The van der Waals surface area contributed by atoms with E-state index in [-0.39, 0.29) is 0 Å². The van der Waals surface area contributed by atoms with E-state index in [1.165, 1.54) is 6.33 Å². The van der Waals surface area contributed by atoms with Crippen LogP contribution in [0.2, 0.25) is 0 Å². The molecule has 0 saturated carbocycles. The number of anilines is 3. The van der Waals surface area contributed by atoms with Gasteiger partial charge in [-0.25, -0.2) is 15.0 Å². The average molecular weight is 187 g/mol. The van der Waals surface area contributed by atoms with E-state index in [1.807, 2.05) is 0 Å². The molecule has 2 aromatic heterocycles. The molecule has 2 rings (SSSR count). The van der Waals surface area contributed by atoms with E-state index < -0.39 is 0 Å². The minimum absolute atomic E-state index is 0.589. The Labute approximate surface area is 81.0 Å². The molecule has 0 amide bonds. The van der Waals surface area contributed by atoms with Crippen LogP contribution in [0.15, 0.2) is 36.9 Å². The van der Waals surface area contributed by atoms with Crippen LogP contribution in [0.3, 0.4) is 0 Å². The van der Waals surface area contributed by atoms with E-state index in [1.54, 1.807) is 30.6 Å². The molecule has 0 fully saturated rings. The van der Waals surface area contributed by atoms with Crippen LogP contribution >= 0.6 is 0 Å². The molecule has 70 valence electrons. The van der Waals surface area contributed by atoms with E-state index in [9.17, 15) is 0 Å². The van der Waals surface area contributed by atoms with Crippen molar-refractivity contribution in [1.29, 1.82) is 0 Å². The zero-order valence-corrected chi connectivity index (χ0v) is 7.38. The summed E-state index contributed by atoms with van der Waals surface area (Å²) in [7, 11) is 0. The van der Waals surface area contributed by atoms with Gasteiger partial charge in [-0.1, -0.05) is 0 Å². The van der Waals surface area contributed by atoms with Gasteiger partial charge in [-0.3, -0.25) is 0 Å². The monoisotopic (exact) mass is 187 g/mol. The Kier molecular flexibility index (Phi) is 2.22. The third kappa shape index (κ3) is 1.77. The third-order valence-corrected chi connectivity index (χ3v) is 1.67. The van der Waals surface area contributed by atoms with Crippen LogP contribution in [0.1, 0.15) is 0 Å². The fourth-order valence-corrected chi connectivity index (χ4v) is 1.01. The largest absolute Gasteiger partial charge is 0.396 e. The van der Waals surface area contributed by atoms with Crippen molar-refractivity contribution in [3.05, 3.63) is 36.9 Å². The molecule has 0 atom stereocenters. The van der Waals surface area contributed by atoms with E-state index >= 15 is 0 Å². The van der Waals surface area contributed by atoms with Gasteiger partial charge in [-0.2, -0.15) is 0 Å². The van der Waals surface area contributed by atoms with Gasteiger partial charge >= 0.3 is 0 Å². The van der Waals surface area contributed by atoms with Crippen LogP contribution in [0, 0.1) is 0 Å². The molecule has 14 heavy (non-hydrogen) atoms. The Morgan fingerprint density at radius 3 is 2.79 bits per heavy atom. The smallest absolute Gasteiger partial charge is 0.154 e. The topological polar surface area (TPSA) is 76.7 Å². The summed E-state index contributed by atoms with van der Waals surface area (Å²) in [5, 5.41) is 2.98. The van der Waals surface area contributed by atoms with Gasteiger partial charge in [-0.05, 0) is 18.2 Å². The van der Waals surface area contributed by atoms with Crippen LogP contribution in [0.5, 0.6) is 0 Å². The molecule has 2 heterocycles. The maximum Gasteiger partial charge on any atom is 0.154 e. The third-order valence-electron chi connectivity index (χ3n) is 1.67. The van der Waals surface area contributed by atoms with Gasteiger partial charge in [0.15, 0.2) is 5.82 Å². The maximum atomic E-state index is 5.70. The number of rotatable bonds is 2. The molecule has 0 unspecified atom stereocenters. The zero-order valence-electron chi connectivity index (χ0n) is 7.38. The Balaban J connectivity index is 2.24. The lowest BCUT2D eigenvalue weighted by atomic mass is 10.4. The van der Waals surface area contributed by atoms with Crippen molar-refractivity contribution in [2.45, 2.75) is 0 Å². The SMILES string of the molecule is Nc1cccnc1Nc1ccncn1. The van der Waals surface area contributed by atoms with E-state index in [0.29, 0.717) is 17.3 Å². The molecular weight excluding hydrogens is 178 g/mol. The number of hydrogen-bond acceptors (Lipinski definition) is 5. The van der Waals surface area contributed by atoms with Crippen LogP contribution < -0.4 is 11.1 Å². The quantitative estimate of drug-likeness (QED) is 0.738. The van der Waals surface area contributed by atoms with Gasteiger partial charge in [0.05, 0.1) is 5.69 Å². The van der Waals surface area contributed by atoms with Crippen molar-refractivity contribution in [2.75, 3.05) is 11.1 Å². The van der Waals surface area contributed by atoms with Crippen LogP contribution in [-0.4, -0.2) is 15.0 Å². The Morgan fingerprint density at radius 2 is 2.07 bits per heavy atom. The molecule has 0 aliphatic rings. The second kappa shape index (κ2) is 3.69. The zero-order chi connectivity index (χ0) is 9.80. The highest BCUT2D eigenvalue weighted by molar-refractivity contribution is 5.66. The second-order valence-electron chi connectivity index (χ2n) is 2.66. The molecule has 2 aromatic rings. The van der Waals surface area contributed by atoms with E-state index in [4.69, 9.17) is 5.73 Å². The first-order valence-corrected chi connectivity index (χ1v) is 4.10. The summed E-state index contributed by atoms with van der Waals surface area (Å²) in [5.74, 6) is 1.27. The summed E-state index contributed by atoms with van der Waals surface area (Å²) in [4.78, 5) is 11.9. The number of nitrogen functional groups attached to an aromatic ring is 1. The minimum Gasteiger partial charge on any atom is -0.396 e. The fourth-order valence-electron chi connectivity index (χ4n) is 1.01. The molecule has 0 saturated heterocycles. The van der Waals surface area contributed by atoms with Crippen molar-refractivity contribution in [2.24, 2.45) is 0 Å². The number of nitrogens with two attached hydrogens (primary N) is 1. The van der Waals surface area contributed by atoms with Gasteiger partial charge in [0.2, 0.25) is 0 Å². The van der Waals surface area contributed by atoms with Gasteiger partial charge in [-0.15, -0.1) is 0 Å². The van der Waals surface area contributed by atoms with E-state index in [2.05, 4.69) is 20.3 Å². The fraction of sp³-hybridized carbons (Fsp3) is 0. The molecule has 3 N–H and O–H groups in total. The highest BCUT2D eigenvalue weighted by Gasteiger charge is 1.99. The highest BCUT2D eigenvalue weighted by Crippen LogP contribution is 2.16. The van der Waals surface area contributed by atoms with Gasteiger partial charge in [0.1, 0.15) is 12.1 Å². The lowest BCUT2D eigenvalue weighted by Crippen LogP contribution is -1.99. The lowest BCUT2D eigenvalue weighted by molar-refractivity contribution is 1.16. The number of aromatic nitrogens is 3. The predicted molar refractivity (Wildman–Crippen MR) is 54.0 cm³/mol. The Morgan fingerprint density at radius 1 is 1.14 bits per heavy atom. The van der Waals surface area contributed by atoms with Crippen molar-refractivity contribution in [3.63, 3.8) is 0 Å². The standard InChI is InChI=1S/C9H9N5/c10-7-2-1-4-12-9(7)14-8-3-5-11-6-13-8/h1-6H,10H2,(H,11,12,13,14). The molecule has 0 radical (unpaired) electrons. The van der Waals surface area contributed by atoms with Gasteiger partial charge < -0.3 is 11.1 Å². The normalized spacial score (nSPS) is 9.71. The highest BCUT2D eigenvalue weighted by atomic mass is 15.1. The van der Waals surface area contributed by atoms with Gasteiger partial charge in [0.25, 0.3) is 0 Å². The van der Waals surface area contributed by atoms with E-state index in [0.717, 1.165) is 0 Å². The molecule has 0 bridgehead atoms. The summed E-state index contributed by atoms with van der Waals surface area (Å²) in [6.07, 6.45) is 4.77. The Hall–Kier alpha value is -2.17. The number of hydrogen-bond donors (Lipinski definition) is 2. The summed E-state index contributed by atoms with van der Waals surface area (Å²) in [6.45, 7) is 0. The van der Waals surface area contributed by atoms with Crippen molar-refractivity contribution in [1.82, 2.24) is 15.0 Å². The first kappa shape index (κ1) is 8.43. The van der Waals surface area contributed by atoms with Crippen molar-refractivity contribution >= 4 is 17.3 Å². The first-order valence-electron chi connectivity index (χ1n) is 4.10. The molecule has 0 spiro atoms. The average Bonchev–Trinajstić information content (AvgIpc) is 2.23. The summed E-state index contributed by atoms with van der Waals surface area (Å²) in [6, 6.07) is 5.30. The number of nitrogens with zero attached hydrogens (tertiary/aromatic N) is 3. The minimum atomic E-state index is 0.589. The number of pyridine rings is 1. The van der Waals surface area contributed by atoms with Crippen LogP contribution in [0.4, 0.5) is 17.3 Å². The maximum absolute atomic E-state index is 5.70. The van der Waals surface area contributed by atoms with Crippen LogP contribution in [-0.2, 0) is 0 Å². The first-order chi connectivity index (χ1) is 6.86. The molecule has 0 aromatic carbocycles.